The molecule has 5 nitrogen and oxygen atoms in total. The monoisotopic (exact) mass is 368 g/mol. The van der Waals surface area contributed by atoms with Crippen LogP contribution in [0.3, 0.4) is 0 Å². The maximum Gasteiger partial charge on any atom is 0.275 e. The fourth-order valence-electron chi connectivity index (χ4n) is 3.61. The Morgan fingerprint density at radius 2 is 1.85 bits per heavy atom. The van der Waals surface area contributed by atoms with Crippen molar-refractivity contribution in [2.24, 2.45) is 0 Å². The fourth-order valence-corrected chi connectivity index (χ4v) is 3.61. The Balaban J connectivity index is 1.49. The van der Waals surface area contributed by atoms with Crippen molar-refractivity contribution in [3.05, 3.63) is 59.2 Å². The first-order valence-corrected chi connectivity index (χ1v) is 9.67. The Morgan fingerprint density at radius 3 is 2.52 bits per heavy atom. The lowest BCUT2D eigenvalue weighted by molar-refractivity contribution is -0.892. The summed E-state index contributed by atoms with van der Waals surface area (Å²) in [6, 6.07) is 13.8. The van der Waals surface area contributed by atoms with Gasteiger partial charge in [0.05, 0.1) is 37.9 Å². The van der Waals surface area contributed by atoms with Crippen molar-refractivity contribution >= 4 is 11.6 Å². The molecule has 0 radical (unpaired) electrons. The molecule has 144 valence electrons. The highest BCUT2D eigenvalue weighted by atomic mass is 16.3. The first-order valence-electron chi connectivity index (χ1n) is 9.67. The lowest BCUT2D eigenvalue weighted by Crippen LogP contribution is -3.15. The fraction of sp³-hybridized carbons (Fsp3) is 0.409. The van der Waals surface area contributed by atoms with Gasteiger partial charge in [-0.05, 0) is 49.6 Å². The Kier molecular flexibility index (Phi) is 6.01. The van der Waals surface area contributed by atoms with E-state index in [9.17, 15) is 9.90 Å². The third-order valence-corrected chi connectivity index (χ3v) is 5.51. The van der Waals surface area contributed by atoms with Gasteiger partial charge in [0.1, 0.15) is 5.75 Å². The first kappa shape index (κ1) is 19.2. The van der Waals surface area contributed by atoms with Crippen molar-refractivity contribution in [3.8, 4) is 5.75 Å². The van der Waals surface area contributed by atoms with Crippen LogP contribution in [0.2, 0.25) is 0 Å². The number of hydrogen-bond donors (Lipinski definition) is 3. The third-order valence-electron chi connectivity index (χ3n) is 5.51. The molecule has 0 bridgehead atoms. The molecule has 1 saturated heterocycles. The molecule has 5 heteroatoms. The summed E-state index contributed by atoms with van der Waals surface area (Å²) in [5.41, 5.74) is 4.54. The number of para-hydroxylation sites is 2. The predicted octanol–water partition coefficient (Wildman–Crippen LogP) is 1.59. The largest absolute Gasteiger partial charge is 0.506 e. The normalized spacial score (nSPS) is 16.2. The quantitative estimate of drug-likeness (QED) is 0.751. The molecule has 3 N–H and O–H groups in total. The molecular weight excluding hydrogens is 338 g/mol. The number of amides is 1. The minimum absolute atomic E-state index is 0.0127. The maximum absolute atomic E-state index is 12.5. The number of nitrogens with one attached hydrogen (secondary N) is 2. The second-order valence-electron chi connectivity index (χ2n) is 7.54. The Morgan fingerprint density at radius 1 is 1.15 bits per heavy atom. The van der Waals surface area contributed by atoms with E-state index in [1.807, 2.05) is 25.1 Å². The summed E-state index contributed by atoms with van der Waals surface area (Å²) >= 11 is 0. The van der Waals surface area contributed by atoms with Crippen LogP contribution in [0.1, 0.15) is 29.7 Å². The van der Waals surface area contributed by atoms with Crippen LogP contribution in [0.15, 0.2) is 42.5 Å². The Hall–Kier alpha value is -2.53. The number of carbonyl (C=O) groups is 1. The third kappa shape index (κ3) is 4.80. The average Bonchev–Trinajstić information content (AvgIpc) is 2.65. The molecule has 0 unspecified atom stereocenters. The van der Waals surface area contributed by atoms with Crippen molar-refractivity contribution in [2.45, 2.75) is 26.8 Å². The van der Waals surface area contributed by atoms with Crippen molar-refractivity contribution in [2.75, 3.05) is 37.6 Å². The molecule has 1 aliphatic heterocycles. The second kappa shape index (κ2) is 8.44. The number of hydrogen-bond acceptors (Lipinski definition) is 3. The number of nitrogens with zero attached hydrogens (tertiary/aromatic N) is 1. The zero-order chi connectivity index (χ0) is 19.4. The highest BCUT2D eigenvalue weighted by molar-refractivity contribution is 5.77. The number of phenols is 1. The number of quaternary nitrogens is 1. The van der Waals surface area contributed by atoms with Crippen molar-refractivity contribution in [3.63, 3.8) is 0 Å². The molecule has 1 atom stereocenters. The molecule has 3 rings (SSSR count). The van der Waals surface area contributed by atoms with Crippen LogP contribution in [0.25, 0.3) is 0 Å². The maximum atomic E-state index is 12.5. The zero-order valence-corrected chi connectivity index (χ0v) is 16.5. The van der Waals surface area contributed by atoms with E-state index in [1.54, 1.807) is 6.07 Å². The highest BCUT2D eigenvalue weighted by Gasteiger charge is 2.24. The molecule has 1 fully saturated rings. The van der Waals surface area contributed by atoms with Crippen LogP contribution in [0, 0.1) is 13.8 Å². The van der Waals surface area contributed by atoms with Crippen LogP contribution < -0.4 is 15.1 Å². The van der Waals surface area contributed by atoms with Crippen molar-refractivity contribution < 1.29 is 14.8 Å². The van der Waals surface area contributed by atoms with Gasteiger partial charge in [0.25, 0.3) is 5.91 Å². The van der Waals surface area contributed by atoms with Crippen molar-refractivity contribution in [1.82, 2.24) is 5.32 Å². The van der Waals surface area contributed by atoms with Gasteiger partial charge in [0.15, 0.2) is 6.54 Å². The summed E-state index contributed by atoms with van der Waals surface area (Å²) in [4.78, 5) is 15.9. The molecule has 0 saturated carbocycles. The van der Waals surface area contributed by atoms with Crippen LogP contribution in [-0.2, 0) is 4.79 Å². The number of aromatic hydroxyl groups is 1. The summed E-state index contributed by atoms with van der Waals surface area (Å²) in [7, 11) is 0. The minimum Gasteiger partial charge on any atom is -0.506 e. The Bertz CT molecular complexity index is 798. The van der Waals surface area contributed by atoms with Gasteiger partial charge in [-0.25, -0.2) is 0 Å². The summed E-state index contributed by atoms with van der Waals surface area (Å²) in [6.07, 6.45) is 0. The van der Waals surface area contributed by atoms with Crippen molar-refractivity contribution in [1.29, 1.82) is 0 Å². The number of benzene rings is 2. The molecule has 27 heavy (non-hydrogen) atoms. The van der Waals surface area contributed by atoms with E-state index in [2.05, 4.69) is 42.3 Å². The van der Waals surface area contributed by atoms with Crippen LogP contribution in [-0.4, -0.2) is 43.7 Å². The van der Waals surface area contributed by atoms with Gasteiger partial charge in [0, 0.05) is 0 Å². The van der Waals surface area contributed by atoms with Crippen LogP contribution in [0.4, 0.5) is 5.69 Å². The van der Waals surface area contributed by atoms with Crippen LogP contribution >= 0.6 is 0 Å². The summed E-state index contributed by atoms with van der Waals surface area (Å²) in [5.74, 6) is 0.410. The van der Waals surface area contributed by atoms with Gasteiger partial charge in [-0.15, -0.1) is 0 Å². The number of phenolic OH excluding ortho intramolecular Hbond substituents is 1. The topological polar surface area (TPSA) is 57.0 Å². The standard InChI is InChI=1S/C22H29N3O2/c1-16-8-9-19(14-17(16)2)18(3)23-22(27)15-24-10-12-25(13-11-24)20-6-4-5-7-21(20)26/h4-9,14,18,26H,10-13,15H2,1-3H3,(H,23,27)/p+1/t18-/m1/s1. The smallest absolute Gasteiger partial charge is 0.275 e. The molecular formula is C22H30N3O2+. The van der Waals surface area contributed by atoms with Gasteiger partial charge in [-0.1, -0.05) is 30.3 Å². The van der Waals surface area contributed by atoms with E-state index in [0.717, 1.165) is 37.4 Å². The van der Waals surface area contributed by atoms with E-state index in [4.69, 9.17) is 0 Å². The predicted molar refractivity (Wildman–Crippen MR) is 108 cm³/mol. The molecule has 2 aromatic carbocycles. The molecule has 0 spiro atoms. The van der Waals surface area contributed by atoms with Gasteiger partial charge < -0.3 is 20.2 Å². The van der Waals surface area contributed by atoms with E-state index in [-0.39, 0.29) is 11.9 Å². The zero-order valence-electron chi connectivity index (χ0n) is 16.5. The lowest BCUT2D eigenvalue weighted by Gasteiger charge is -2.33. The lowest BCUT2D eigenvalue weighted by atomic mass is 10.0. The molecule has 0 aliphatic carbocycles. The molecule has 0 aromatic heterocycles. The van der Waals surface area contributed by atoms with Gasteiger partial charge >= 0.3 is 0 Å². The van der Waals surface area contributed by atoms with E-state index >= 15 is 0 Å². The summed E-state index contributed by atoms with van der Waals surface area (Å²) in [6.45, 7) is 10.2. The van der Waals surface area contributed by atoms with E-state index in [0.29, 0.717) is 12.3 Å². The molecule has 1 aliphatic rings. The number of carbonyl (C=O) groups excluding carboxylic acids is 1. The summed E-state index contributed by atoms with van der Waals surface area (Å²) in [5, 5.41) is 13.1. The first-order chi connectivity index (χ1) is 12.9. The van der Waals surface area contributed by atoms with Crippen LogP contribution in [0.5, 0.6) is 5.75 Å². The second-order valence-corrected chi connectivity index (χ2v) is 7.54. The number of rotatable bonds is 5. The Labute approximate surface area is 161 Å². The SMILES string of the molecule is Cc1ccc([C@@H](C)NC(=O)C[NH+]2CCN(c3ccccc3O)CC2)cc1C. The molecule has 1 heterocycles. The molecule has 1 amide bonds. The number of anilines is 1. The average molecular weight is 369 g/mol. The minimum atomic E-state index is 0.0127. The van der Waals surface area contributed by atoms with Gasteiger partial charge in [-0.2, -0.15) is 0 Å². The van der Waals surface area contributed by atoms with Gasteiger partial charge in [0.2, 0.25) is 0 Å². The van der Waals surface area contributed by atoms with Gasteiger partial charge in [-0.3, -0.25) is 4.79 Å². The summed E-state index contributed by atoms with van der Waals surface area (Å²) < 4.78 is 0. The highest BCUT2D eigenvalue weighted by Crippen LogP contribution is 2.26. The number of aryl methyl sites for hydroxylation is 2. The van der Waals surface area contributed by atoms with E-state index < -0.39 is 0 Å². The van der Waals surface area contributed by atoms with E-state index in [1.165, 1.54) is 16.0 Å². The number of piperazine rings is 1. The molecule has 2 aromatic rings.